The van der Waals surface area contributed by atoms with Gasteiger partial charge in [0.05, 0.1) is 16.6 Å². The Hall–Kier alpha value is -2.58. The Morgan fingerprint density at radius 2 is 1.74 bits per heavy atom. The first-order valence-corrected chi connectivity index (χ1v) is 16.5. The summed E-state index contributed by atoms with van der Waals surface area (Å²) in [7, 11) is 0. The minimum atomic E-state index is -0.628. The Morgan fingerprint density at radius 3 is 2.40 bits per heavy atom. The molecule has 2 unspecified atom stereocenters. The first kappa shape index (κ1) is 32.3. The summed E-state index contributed by atoms with van der Waals surface area (Å²) in [5, 5.41) is 9.32. The molecule has 7 nitrogen and oxygen atoms in total. The summed E-state index contributed by atoms with van der Waals surface area (Å²) in [6.45, 7) is 14.6. The highest BCUT2D eigenvalue weighted by atomic mass is 32.2. The second kappa shape index (κ2) is 14.3. The molecule has 230 valence electrons. The van der Waals surface area contributed by atoms with Gasteiger partial charge in [-0.25, -0.2) is 0 Å². The van der Waals surface area contributed by atoms with Crippen molar-refractivity contribution in [2.75, 3.05) is 32.8 Å². The molecule has 3 fully saturated rings. The number of benzene rings is 1. The van der Waals surface area contributed by atoms with Gasteiger partial charge in [0.25, 0.3) is 0 Å². The van der Waals surface area contributed by atoms with Crippen LogP contribution in [0.2, 0.25) is 0 Å². The Kier molecular flexibility index (Phi) is 11.0. The van der Waals surface area contributed by atoms with Crippen LogP contribution in [0.3, 0.4) is 0 Å². The minimum Gasteiger partial charge on any atom is -0.396 e. The van der Waals surface area contributed by atoms with E-state index in [1.54, 1.807) is 23.9 Å². The predicted octanol–water partition coefficient (Wildman–Crippen LogP) is 5.05. The first-order valence-electron chi connectivity index (χ1n) is 15.7. The molecule has 3 heterocycles. The standard InChI is InChI=1S/C34H49N3O4S/c1-5-8-13-22-35(20-6-2)32(41)29-34-19-18-33(4,42-34)27(28(34)31(40)37(29)23-14-10-15-24-38)30(39)36(21-7-3)25-26-16-11-9-12-17-26/h6-7,9,11-12,16-17,27-29,38H,2-3,5,8,10,13-15,18-25H2,1,4H3/t27-,28-,29?,33+,34?/m0/s1. The number of carbonyl (C=O) groups is 3. The van der Waals surface area contributed by atoms with E-state index in [4.69, 9.17) is 0 Å². The second-order valence-corrected chi connectivity index (χ2v) is 14.2. The fourth-order valence-corrected chi connectivity index (χ4v) is 9.80. The number of hydrogen-bond donors (Lipinski definition) is 1. The van der Waals surface area contributed by atoms with Crippen molar-refractivity contribution < 1.29 is 19.5 Å². The highest BCUT2D eigenvalue weighted by Gasteiger charge is 2.77. The molecule has 0 saturated carbocycles. The van der Waals surface area contributed by atoms with Crippen LogP contribution in [0.1, 0.15) is 70.8 Å². The van der Waals surface area contributed by atoms with Crippen LogP contribution >= 0.6 is 11.8 Å². The largest absolute Gasteiger partial charge is 0.396 e. The van der Waals surface area contributed by atoms with Gasteiger partial charge in [0.1, 0.15) is 6.04 Å². The van der Waals surface area contributed by atoms with Crippen molar-refractivity contribution in [1.29, 1.82) is 0 Å². The predicted molar refractivity (Wildman–Crippen MR) is 170 cm³/mol. The number of rotatable bonds is 17. The summed E-state index contributed by atoms with van der Waals surface area (Å²) in [6.07, 6.45) is 10.2. The maximum atomic E-state index is 14.5. The lowest BCUT2D eigenvalue weighted by atomic mass is 9.66. The van der Waals surface area contributed by atoms with Gasteiger partial charge in [-0.3, -0.25) is 14.4 Å². The van der Waals surface area contributed by atoms with Gasteiger partial charge >= 0.3 is 0 Å². The van der Waals surface area contributed by atoms with Crippen molar-refractivity contribution >= 4 is 29.5 Å². The quantitative estimate of drug-likeness (QED) is 0.201. The van der Waals surface area contributed by atoms with E-state index in [0.717, 1.165) is 44.1 Å². The molecule has 3 aliphatic rings. The molecule has 3 amide bonds. The van der Waals surface area contributed by atoms with E-state index in [0.29, 0.717) is 45.6 Å². The third-order valence-corrected chi connectivity index (χ3v) is 11.4. The van der Waals surface area contributed by atoms with E-state index < -0.39 is 27.4 Å². The number of amides is 3. The van der Waals surface area contributed by atoms with Crippen LogP contribution in [-0.2, 0) is 20.9 Å². The van der Waals surface area contributed by atoms with Gasteiger partial charge in [0.2, 0.25) is 17.7 Å². The van der Waals surface area contributed by atoms with E-state index in [-0.39, 0.29) is 24.3 Å². The molecule has 0 radical (unpaired) electrons. The Balaban J connectivity index is 1.70. The number of aliphatic hydroxyl groups is 1. The van der Waals surface area contributed by atoms with Crippen molar-refractivity contribution in [3.05, 3.63) is 61.2 Å². The molecule has 4 rings (SSSR count). The van der Waals surface area contributed by atoms with Gasteiger partial charge in [0.15, 0.2) is 0 Å². The van der Waals surface area contributed by atoms with Crippen LogP contribution in [0.5, 0.6) is 0 Å². The van der Waals surface area contributed by atoms with Gasteiger partial charge in [-0.2, -0.15) is 0 Å². The lowest BCUT2D eigenvalue weighted by Crippen LogP contribution is -2.55. The number of unbranched alkanes of at least 4 members (excludes halogenated alkanes) is 4. The summed E-state index contributed by atoms with van der Waals surface area (Å²) in [4.78, 5) is 48.9. The lowest BCUT2D eigenvalue weighted by Gasteiger charge is -2.38. The molecule has 1 aromatic rings. The van der Waals surface area contributed by atoms with Gasteiger partial charge in [-0.05, 0) is 51.0 Å². The molecule has 1 spiro atoms. The molecular formula is C34H49N3O4S. The van der Waals surface area contributed by atoms with E-state index >= 15 is 0 Å². The molecule has 0 aliphatic carbocycles. The van der Waals surface area contributed by atoms with Crippen LogP contribution in [-0.4, -0.2) is 85.8 Å². The number of hydrogen-bond acceptors (Lipinski definition) is 5. The lowest BCUT2D eigenvalue weighted by molar-refractivity contribution is -0.146. The van der Waals surface area contributed by atoms with E-state index in [2.05, 4.69) is 27.0 Å². The molecule has 42 heavy (non-hydrogen) atoms. The number of thioether (sulfide) groups is 1. The number of aliphatic hydroxyl groups excluding tert-OH is 1. The van der Waals surface area contributed by atoms with Gasteiger partial charge in [-0.15, -0.1) is 24.9 Å². The second-order valence-electron chi connectivity index (χ2n) is 12.3. The molecular weight excluding hydrogens is 546 g/mol. The fraction of sp³-hybridized carbons (Fsp3) is 0.618. The average Bonchev–Trinajstić information content (AvgIpc) is 3.55. The van der Waals surface area contributed by atoms with Gasteiger partial charge < -0.3 is 19.8 Å². The molecule has 5 atom stereocenters. The number of carbonyl (C=O) groups excluding carboxylic acids is 3. The highest BCUT2D eigenvalue weighted by Crippen LogP contribution is 2.71. The Bertz CT molecular complexity index is 1130. The van der Waals surface area contributed by atoms with Crippen molar-refractivity contribution in [3.63, 3.8) is 0 Å². The maximum Gasteiger partial charge on any atom is 0.247 e. The molecule has 1 N–H and O–H groups in total. The molecule has 8 heteroatoms. The van der Waals surface area contributed by atoms with Crippen molar-refractivity contribution in [1.82, 2.24) is 14.7 Å². The summed E-state index contributed by atoms with van der Waals surface area (Å²) in [6, 6.07) is 9.32. The van der Waals surface area contributed by atoms with Crippen LogP contribution in [0, 0.1) is 11.8 Å². The van der Waals surface area contributed by atoms with Crippen molar-refractivity contribution in [2.24, 2.45) is 11.8 Å². The third kappa shape index (κ3) is 6.21. The molecule has 3 saturated heterocycles. The maximum absolute atomic E-state index is 14.5. The smallest absolute Gasteiger partial charge is 0.247 e. The van der Waals surface area contributed by atoms with E-state index in [1.807, 2.05) is 45.0 Å². The van der Waals surface area contributed by atoms with Crippen LogP contribution < -0.4 is 0 Å². The molecule has 2 bridgehead atoms. The van der Waals surface area contributed by atoms with E-state index in [1.165, 1.54) is 0 Å². The summed E-state index contributed by atoms with van der Waals surface area (Å²) in [5.41, 5.74) is 1.03. The van der Waals surface area contributed by atoms with Crippen LogP contribution in [0.25, 0.3) is 0 Å². The molecule has 3 aliphatic heterocycles. The van der Waals surface area contributed by atoms with Crippen LogP contribution in [0.15, 0.2) is 55.6 Å². The zero-order valence-electron chi connectivity index (χ0n) is 25.5. The van der Waals surface area contributed by atoms with Crippen LogP contribution in [0.4, 0.5) is 0 Å². The number of likely N-dealkylation sites (tertiary alicyclic amines) is 1. The van der Waals surface area contributed by atoms with Gasteiger partial charge in [0, 0.05) is 44.1 Å². The first-order chi connectivity index (χ1) is 20.3. The Labute approximate surface area is 256 Å². The zero-order chi connectivity index (χ0) is 30.3. The monoisotopic (exact) mass is 595 g/mol. The van der Waals surface area contributed by atoms with Crippen molar-refractivity contribution in [3.8, 4) is 0 Å². The summed E-state index contributed by atoms with van der Waals surface area (Å²) >= 11 is 1.73. The van der Waals surface area contributed by atoms with Crippen molar-refractivity contribution in [2.45, 2.75) is 87.3 Å². The number of fused-ring (bicyclic) bond motifs is 1. The number of nitrogens with zero attached hydrogens (tertiary/aromatic N) is 3. The highest BCUT2D eigenvalue weighted by molar-refractivity contribution is 8.02. The van der Waals surface area contributed by atoms with E-state index in [9.17, 15) is 19.5 Å². The minimum absolute atomic E-state index is 0.0129. The topological polar surface area (TPSA) is 81.2 Å². The fourth-order valence-electron chi connectivity index (χ4n) is 7.45. The Morgan fingerprint density at radius 1 is 1.02 bits per heavy atom. The van der Waals surface area contributed by atoms with Gasteiger partial charge in [-0.1, -0.05) is 62.2 Å². The summed E-state index contributed by atoms with van der Waals surface area (Å²) < 4.78 is -1.04. The average molecular weight is 596 g/mol. The molecule has 1 aromatic carbocycles. The molecule has 0 aromatic heterocycles. The normalized spacial score (nSPS) is 27.6. The SMILES string of the molecule is C=CCN(CCCCC)C(=O)C1N(CCCCCO)C(=O)[C@@H]2[C@@H](C(=O)N(CC=C)Cc3ccccc3)[C@@]3(C)CCC12S3. The summed E-state index contributed by atoms with van der Waals surface area (Å²) in [5.74, 6) is -1.13. The third-order valence-electron chi connectivity index (χ3n) is 9.40. The zero-order valence-corrected chi connectivity index (χ0v) is 26.3.